The molecule has 6 nitrogen and oxygen atoms in total. The van der Waals surface area contributed by atoms with Gasteiger partial charge in [-0.05, 0) is 67.6 Å². The Labute approximate surface area is 172 Å². The standard InChI is InChI=1S/C23H29N3O3/c1-4-7-22(27)25-20-10-5-9-19(16(20)2)24-15-23(28)26-13-6-8-17-14-18(29-3)11-12-21(17)26/h5,9-12,14,24H,4,6-8,13,15H2,1-3H3,(H,25,27). The number of benzene rings is 2. The molecule has 6 heteroatoms. The summed E-state index contributed by atoms with van der Waals surface area (Å²) in [5.41, 5.74) is 4.64. The number of nitrogens with one attached hydrogen (secondary N) is 2. The van der Waals surface area contributed by atoms with E-state index >= 15 is 0 Å². The van der Waals surface area contributed by atoms with Gasteiger partial charge in [0.1, 0.15) is 5.75 Å². The van der Waals surface area contributed by atoms with Crippen LogP contribution in [0.1, 0.15) is 37.3 Å². The summed E-state index contributed by atoms with van der Waals surface area (Å²) in [6.07, 6.45) is 3.18. The predicted octanol–water partition coefficient (Wildman–Crippen LogP) is 4.13. The Kier molecular flexibility index (Phi) is 6.75. The molecule has 1 aliphatic heterocycles. The van der Waals surface area contributed by atoms with Crippen LogP contribution in [0.2, 0.25) is 0 Å². The Morgan fingerprint density at radius 3 is 2.72 bits per heavy atom. The normalized spacial score (nSPS) is 12.9. The van der Waals surface area contributed by atoms with Crippen molar-refractivity contribution in [1.82, 2.24) is 0 Å². The number of aryl methyl sites for hydroxylation is 1. The minimum absolute atomic E-state index is 0.00387. The molecule has 0 radical (unpaired) electrons. The van der Waals surface area contributed by atoms with Crippen LogP contribution in [0.4, 0.5) is 17.1 Å². The fourth-order valence-electron chi connectivity index (χ4n) is 3.63. The van der Waals surface area contributed by atoms with Gasteiger partial charge in [0.15, 0.2) is 0 Å². The minimum Gasteiger partial charge on any atom is -0.497 e. The third kappa shape index (κ3) is 4.88. The van der Waals surface area contributed by atoms with Gasteiger partial charge in [0.25, 0.3) is 0 Å². The molecule has 0 unspecified atom stereocenters. The van der Waals surface area contributed by atoms with Gasteiger partial charge in [0, 0.05) is 30.0 Å². The van der Waals surface area contributed by atoms with Crippen molar-refractivity contribution >= 4 is 28.9 Å². The average molecular weight is 396 g/mol. The SMILES string of the molecule is CCCC(=O)Nc1cccc(NCC(=O)N2CCCc3cc(OC)ccc32)c1C. The number of fused-ring (bicyclic) bond motifs is 1. The van der Waals surface area contributed by atoms with Gasteiger partial charge in [-0.25, -0.2) is 0 Å². The number of carbonyl (C=O) groups excluding carboxylic acids is 2. The van der Waals surface area contributed by atoms with E-state index in [-0.39, 0.29) is 18.4 Å². The second kappa shape index (κ2) is 9.45. The summed E-state index contributed by atoms with van der Waals surface area (Å²) in [6, 6.07) is 11.5. The summed E-state index contributed by atoms with van der Waals surface area (Å²) in [5, 5.41) is 6.18. The maximum Gasteiger partial charge on any atom is 0.246 e. The summed E-state index contributed by atoms with van der Waals surface area (Å²) in [5.74, 6) is 0.842. The lowest BCUT2D eigenvalue weighted by atomic mass is 10.0. The molecular formula is C23H29N3O3. The molecule has 0 aliphatic carbocycles. The van der Waals surface area contributed by atoms with Gasteiger partial charge in [-0.15, -0.1) is 0 Å². The van der Waals surface area contributed by atoms with E-state index in [1.165, 1.54) is 0 Å². The first-order valence-corrected chi connectivity index (χ1v) is 10.1. The van der Waals surface area contributed by atoms with Crippen LogP contribution in [-0.4, -0.2) is 32.0 Å². The van der Waals surface area contributed by atoms with Gasteiger partial charge in [-0.3, -0.25) is 9.59 Å². The van der Waals surface area contributed by atoms with E-state index in [9.17, 15) is 9.59 Å². The van der Waals surface area contributed by atoms with Gasteiger partial charge < -0.3 is 20.3 Å². The average Bonchev–Trinajstić information content (AvgIpc) is 2.73. The highest BCUT2D eigenvalue weighted by molar-refractivity contribution is 5.98. The summed E-state index contributed by atoms with van der Waals surface area (Å²) in [4.78, 5) is 26.7. The summed E-state index contributed by atoms with van der Waals surface area (Å²) < 4.78 is 5.30. The van der Waals surface area contributed by atoms with Gasteiger partial charge in [0.2, 0.25) is 11.8 Å². The fourth-order valence-corrected chi connectivity index (χ4v) is 3.63. The van der Waals surface area contributed by atoms with Crippen LogP contribution in [-0.2, 0) is 16.0 Å². The number of carbonyl (C=O) groups is 2. The quantitative estimate of drug-likeness (QED) is 0.739. The van der Waals surface area contributed by atoms with E-state index in [1.54, 1.807) is 7.11 Å². The van der Waals surface area contributed by atoms with E-state index in [1.807, 2.05) is 55.1 Å². The molecule has 0 saturated carbocycles. The Balaban J connectivity index is 1.68. The van der Waals surface area contributed by atoms with Crippen LogP contribution in [0.25, 0.3) is 0 Å². The lowest BCUT2D eigenvalue weighted by molar-refractivity contribution is -0.117. The van der Waals surface area contributed by atoms with Crippen molar-refractivity contribution in [2.75, 3.05) is 35.7 Å². The first kappa shape index (κ1) is 20.7. The lowest BCUT2D eigenvalue weighted by Crippen LogP contribution is -2.39. The van der Waals surface area contributed by atoms with E-state index in [2.05, 4.69) is 10.6 Å². The Hall–Kier alpha value is -3.02. The zero-order chi connectivity index (χ0) is 20.8. The zero-order valence-corrected chi connectivity index (χ0v) is 17.4. The number of amides is 2. The number of hydrogen-bond donors (Lipinski definition) is 2. The smallest absolute Gasteiger partial charge is 0.246 e. The van der Waals surface area contributed by atoms with E-state index in [0.29, 0.717) is 13.0 Å². The Morgan fingerprint density at radius 2 is 1.97 bits per heavy atom. The summed E-state index contributed by atoms with van der Waals surface area (Å²) in [7, 11) is 1.65. The number of ether oxygens (including phenoxy) is 1. The van der Waals surface area contributed by atoms with Crippen LogP contribution in [0.5, 0.6) is 5.75 Å². The van der Waals surface area contributed by atoms with Crippen LogP contribution in [0.3, 0.4) is 0 Å². The van der Waals surface area contributed by atoms with Crippen molar-refractivity contribution in [3.63, 3.8) is 0 Å². The van der Waals surface area contributed by atoms with E-state index in [0.717, 1.165) is 53.2 Å². The van der Waals surface area contributed by atoms with Crippen LogP contribution >= 0.6 is 0 Å². The van der Waals surface area contributed by atoms with Gasteiger partial charge >= 0.3 is 0 Å². The Bertz CT molecular complexity index is 895. The van der Waals surface area contributed by atoms with Gasteiger partial charge in [-0.2, -0.15) is 0 Å². The number of nitrogens with zero attached hydrogens (tertiary/aromatic N) is 1. The number of anilines is 3. The molecule has 1 aliphatic rings. The molecular weight excluding hydrogens is 366 g/mol. The van der Waals surface area contributed by atoms with Crippen molar-refractivity contribution in [3.8, 4) is 5.75 Å². The summed E-state index contributed by atoms with van der Waals surface area (Å²) >= 11 is 0. The van der Waals surface area contributed by atoms with E-state index in [4.69, 9.17) is 4.74 Å². The number of hydrogen-bond acceptors (Lipinski definition) is 4. The molecule has 0 spiro atoms. The highest BCUT2D eigenvalue weighted by Gasteiger charge is 2.23. The molecule has 0 saturated heterocycles. The highest BCUT2D eigenvalue weighted by Crippen LogP contribution is 2.31. The van der Waals surface area contributed by atoms with Crippen molar-refractivity contribution in [2.24, 2.45) is 0 Å². The lowest BCUT2D eigenvalue weighted by Gasteiger charge is -2.30. The third-order valence-corrected chi connectivity index (χ3v) is 5.22. The first-order chi connectivity index (χ1) is 14.0. The molecule has 2 aromatic rings. The third-order valence-electron chi connectivity index (χ3n) is 5.22. The molecule has 29 heavy (non-hydrogen) atoms. The molecule has 0 bridgehead atoms. The topological polar surface area (TPSA) is 70.7 Å². The molecule has 0 atom stereocenters. The Morgan fingerprint density at radius 1 is 1.17 bits per heavy atom. The molecule has 2 aromatic carbocycles. The largest absolute Gasteiger partial charge is 0.497 e. The maximum absolute atomic E-state index is 12.9. The molecule has 2 N–H and O–H groups in total. The fraction of sp³-hybridized carbons (Fsp3) is 0.391. The summed E-state index contributed by atoms with van der Waals surface area (Å²) in [6.45, 7) is 4.83. The molecule has 154 valence electrons. The van der Waals surface area contributed by atoms with Crippen molar-refractivity contribution in [1.29, 1.82) is 0 Å². The van der Waals surface area contributed by atoms with Crippen molar-refractivity contribution in [2.45, 2.75) is 39.5 Å². The first-order valence-electron chi connectivity index (χ1n) is 10.1. The van der Waals surface area contributed by atoms with Crippen LogP contribution in [0.15, 0.2) is 36.4 Å². The monoisotopic (exact) mass is 395 g/mol. The number of rotatable bonds is 7. The second-order valence-electron chi connectivity index (χ2n) is 7.27. The number of methoxy groups -OCH3 is 1. The molecule has 0 aromatic heterocycles. The van der Waals surface area contributed by atoms with Crippen molar-refractivity contribution in [3.05, 3.63) is 47.5 Å². The molecule has 1 heterocycles. The van der Waals surface area contributed by atoms with E-state index < -0.39 is 0 Å². The highest BCUT2D eigenvalue weighted by atomic mass is 16.5. The van der Waals surface area contributed by atoms with Crippen LogP contribution < -0.4 is 20.3 Å². The van der Waals surface area contributed by atoms with Gasteiger partial charge in [0.05, 0.1) is 13.7 Å². The zero-order valence-electron chi connectivity index (χ0n) is 17.4. The molecule has 2 amide bonds. The predicted molar refractivity (Wildman–Crippen MR) is 117 cm³/mol. The second-order valence-corrected chi connectivity index (χ2v) is 7.27. The minimum atomic E-state index is 0.00387. The maximum atomic E-state index is 12.9. The van der Waals surface area contributed by atoms with Crippen molar-refractivity contribution < 1.29 is 14.3 Å². The van der Waals surface area contributed by atoms with Gasteiger partial charge in [-0.1, -0.05) is 13.0 Å². The van der Waals surface area contributed by atoms with Crippen LogP contribution in [0, 0.1) is 6.92 Å². The molecule has 0 fully saturated rings. The molecule has 3 rings (SSSR count).